The first-order valence-corrected chi connectivity index (χ1v) is 7.94. The van der Waals surface area contributed by atoms with Gasteiger partial charge >= 0.3 is 0 Å². The number of nitrogens with zero attached hydrogens (tertiary/aromatic N) is 1. The Kier molecular flexibility index (Phi) is 5.59. The molecule has 21 heavy (non-hydrogen) atoms. The fourth-order valence-electron chi connectivity index (χ4n) is 3.28. The lowest BCUT2D eigenvalue weighted by molar-refractivity contribution is -0.136. The van der Waals surface area contributed by atoms with Crippen LogP contribution in [0.25, 0.3) is 0 Å². The Labute approximate surface area is 125 Å². The molecule has 2 aliphatic rings. The van der Waals surface area contributed by atoms with Crippen LogP contribution in [0.1, 0.15) is 51.4 Å². The highest BCUT2D eigenvalue weighted by Gasteiger charge is 2.31. The number of nitrogens with one attached hydrogen (secondary N) is 1. The highest BCUT2D eigenvalue weighted by atomic mass is 16.2. The van der Waals surface area contributed by atoms with E-state index in [1.165, 1.54) is 0 Å². The molecule has 0 bridgehead atoms. The molecule has 0 aromatic heterocycles. The molecule has 1 heterocycles. The highest BCUT2D eigenvalue weighted by Crippen LogP contribution is 2.24. The fourth-order valence-corrected chi connectivity index (χ4v) is 3.28. The van der Waals surface area contributed by atoms with Crippen molar-refractivity contribution >= 4 is 17.7 Å². The molecule has 1 saturated heterocycles. The minimum atomic E-state index is -0.342. The Balaban J connectivity index is 1.87. The van der Waals surface area contributed by atoms with Crippen LogP contribution >= 0.6 is 0 Å². The molecular weight excluding hydrogens is 270 g/mol. The molecule has 3 N–H and O–H groups in total. The maximum Gasteiger partial charge on any atom is 0.239 e. The van der Waals surface area contributed by atoms with Gasteiger partial charge in [-0.05, 0) is 25.7 Å². The van der Waals surface area contributed by atoms with Crippen molar-refractivity contribution in [3.05, 3.63) is 0 Å². The first-order chi connectivity index (χ1) is 10.1. The van der Waals surface area contributed by atoms with Gasteiger partial charge in [0.2, 0.25) is 17.7 Å². The normalized spacial score (nSPS) is 27.0. The second-order valence-corrected chi connectivity index (χ2v) is 6.09. The summed E-state index contributed by atoms with van der Waals surface area (Å²) in [4.78, 5) is 37.1. The van der Waals surface area contributed by atoms with Gasteiger partial charge in [0.15, 0.2) is 0 Å². The third-order valence-electron chi connectivity index (χ3n) is 4.48. The summed E-state index contributed by atoms with van der Waals surface area (Å²) in [6.45, 7) is 0.747. The molecule has 0 radical (unpaired) electrons. The zero-order valence-electron chi connectivity index (χ0n) is 12.5. The summed E-state index contributed by atoms with van der Waals surface area (Å²) in [5.74, 6) is -0.741. The summed E-state index contributed by atoms with van der Waals surface area (Å²) in [6.07, 6.45) is 6.92. The lowest BCUT2D eigenvalue weighted by Gasteiger charge is -2.31. The zero-order valence-corrected chi connectivity index (χ0v) is 12.5. The van der Waals surface area contributed by atoms with Gasteiger partial charge in [0, 0.05) is 19.0 Å². The Bertz CT molecular complexity index is 411. The van der Waals surface area contributed by atoms with Gasteiger partial charge in [0.25, 0.3) is 0 Å². The lowest BCUT2D eigenvalue weighted by atomic mass is 9.84. The summed E-state index contributed by atoms with van der Waals surface area (Å²) >= 11 is 0. The van der Waals surface area contributed by atoms with E-state index in [1.807, 2.05) is 0 Å². The van der Waals surface area contributed by atoms with E-state index in [1.54, 1.807) is 4.90 Å². The van der Waals surface area contributed by atoms with E-state index < -0.39 is 0 Å². The molecule has 1 aliphatic heterocycles. The number of carbonyl (C=O) groups is 3. The molecule has 6 nitrogen and oxygen atoms in total. The van der Waals surface area contributed by atoms with E-state index in [9.17, 15) is 14.4 Å². The maximum absolute atomic E-state index is 12.1. The van der Waals surface area contributed by atoms with Gasteiger partial charge in [-0.25, -0.2) is 0 Å². The average Bonchev–Trinajstić information content (AvgIpc) is 2.64. The summed E-state index contributed by atoms with van der Waals surface area (Å²) in [5, 5.41) is 2.90. The van der Waals surface area contributed by atoms with E-state index in [2.05, 4.69) is 5.32 Å². The summed E-state index contributed by atoms with van der Waals surface area (Å²) in [5.41, 5.74) is 5.41. The average molecular weight is 295 g/mol. The standard InChI is InChI=1S/C15H25N3O3/c16-15(21)11-6-3-4-7-12(11)17-13(19)10-18-9-5-1-2-8-14(18)20/h11-12H,1-10H2,(H2,16,21)(H,17,19). The lowest BCUT2D eigenvalue weighted by Crippen LogP contribution is -2.50. The van der Waals surface area contributed by atoms with Crippen molar-refractivity contribution in [3.63, 3.8) is 0 Å². The second-order valence-electron chi connectivity index (χ2n) is 6.09. The minimum absolute atomic E-state index is 0.0535. The molecular formula is C15H25N3O3. The van der Waals surface area contributed by atoms with Crippen molar-refractivity contribution in [2.45, 2.75) is 57.4 Å². The predicted molar refractivity (Wildman–Crippen MR) is 78.1 cm³/mol. The Morgan fingerprint density at radius 2 is 1.90 bits per heavy atom. The predicted octanol–water partition coefficient (Wildman–Crippen LogP) is 0.549. The summed E-state index contributed by atoms with van der Waals surface area (Å²) in [6, 6.07) is -0.175. The third-order valence-corrected chi connectivity index (χ3v) is 4.48. The smallest absolute Gasteiger partial charge is 0.239 e. The highest BCUT2D eigenvalue weighted by molar-refractivity contribution is 5.86. The van der Waals surface area contributed by atoms with Crippen molar-refractivity contribution in [2.24, 2.45) is 11.7 Å². The van der Waals surface area contributed by atoms with Gasteiger partial charge in [-0.15, -0.1) is 0 Å². The van der Waals surface area contributed by atoms with Crippen molar-refractivity contribution in [1.29, 1.82) is 0 Å². The molecule has 2 fully saturated rings. The van der Waals surface area contributed by atoms with Gasteiger partial charge < -0.3 is 16.0 Å². The largest absolute Gasteiger partial charge is 0.369 e. The van der Waals surface area contributed by atoms with Crippen LogP contribution < -0.4 is 11.1 Å². The first-order valence-electron chi connectivity index (χ1n) is 7.94. The number of rotatable bonds is 4. The van der Waals surface area contributed by atoms with E-state index in [4.69, 9.17) is 5.73 Å². The third kappa shape index (κ3) is 4.44. The van der Waals surface area contributed by atoms with Crippen LogP contribution in [0.2, 0.25) is 0 Å². The summed E-state index contributed by atoms with van der Waals surface area (Å²) < 4.78 is 0. The van der Waals surface area contributed by atoms with Crippen LogP contribution in [-0.4, -0.2) is 41.8 Å². The van der Waals surface area contributed by atoms with Crippen LogP contribution in [0.4, 0.5) is 0 Å². The maximum atomic E-state index is 12.1. The molecule has 2 rings (SSSR count). The molecule has 2 atom stereocenters. The fraction of sp³-hybridized carbons (Fsp3) is 0.800. The van der Waals surface area contributed by atoms with Gasteiger partial charge in [-0.3, -0.25) is 14.4 Å². The van der Waals surface area contributed by atoms with E-state index in [0.717, 1.165) is 44.9 Å². The van der Waals surface area contributed by atoms with Gasteiger partial charge in [-0.2, -0.15) is 0 Å². The molecule has 0 aromatic rings. The van der Waals surface area contributed by atoms with Gasteiger partial charge in [-0.1, -0.05) is 19.3 Å². The van der Waals surface area contributed by atoms with Crippen molar-refractivity contribution in [1.82, 2.24) is 10.2 Å². The number of hydrogen-bond acceptors (Lipinski definition) is 3. The van der Waals surface area contributed by atoms with Crippen LogP contribution in [-0.2, 0) is 14.4 Å². The number of amides is 3. The van der Waals surface area contributed by atoms with Crippen LogP contribution in [0, 0.1) is 5.92 Å². The van der Waals surface area contributed by atoms with Crippen LogP contribution in [0.15, 0.2) is 0 Å². The molecule has 0 aromatic carbocycles. The first kappa shape index (κ1) is 15.8. The number of hydrogen-bond donors (Lipinski definition) is 2. The van der Waals surface area contributed by atoms with E-state index >= 15 is 0 Å². The number of carbonyl (C=O) groups excluding carboxylic acids is 3. The quantitative estimate of drug-likeness (QED) is 0.793. The van der Waals surface area contributed by atoms with Crippen molar-refractivity contribution in [2.75, 3.05) is 13.1 Å². The Morgan fingerprint density at radius 3 is 2.67 bits per heavy atom. The minimum Gasteiger partial charge on any atom is -0.369 e. The Morgan fingerprint density at radius 1 is 1.14 bits per heavy atom. The molecule has 1 saturated carbocycles. The topological polar surface area (TPSA) is 92.5 Å². The number of primary amides is 1. The molecule has 0 spiro atoms. The second kappa shape index (κ2) is 7.43. The molecule has 2 unspecified atom stereocenters. The molecule has 118 valence electrons. The van der Waals surface area contributed by atoms with Crippen molar-refractivity contribution in [3.8, 4) is 0 Å². The zero-order chi connectivity index (χ0) is 15.2. The number of nitrogens with two attached hydrogens (primary N) is 1. The van der Waals surface area contributed by atoms with Gasteiger partial charge in [0.1, 0.15) is 0 Å². The monoisotopic (exact) mass is 295 g/mol. The van der Waals surface area contributed by atoms with Gasteiger partial charge in [0.05, 0.1) is 12.5 Å². The van der Waals surface area contributed by atoms with E-state index in [0.29, 0.717) is 13.0 Å². The Hall–Kier alpha value is -1.59. The SMILES string of the molecule is NC(=O)C1CCCCC1NC(=O)CN1CCCCCC1=O. The molecule has 3 amide bonds. The van der Waals surface area contributed by atoms with E-state index in [-0.39, 0.29) is 36.2 Å². The number of likely N-dealkylation sites (tertiary alicyclic amines) is 1. The summed E-state index contributed by atoms with van der Waals surface area (Å²) in [7, 11) is 0. The van der Waals surface area contributed by atoms with Crippen LogP contribution in [0.3, 0.4) is 0 Å². The molecule has 1 aliphatic carbocycles. The van der Waals surface area contributed by atoms with Crippen molar-refractivity contribution < 1.29 is 14.4 Å². The molecule has 6 heteroatoms. The van der Waals surface area contributed by atoms with Crippen LogP contribution in [0.5, 0.6) is 0 Å².